The SMILES string of the molecule is CC(C)(CC(=O)NNC(=O)c1cccnc1)CC(=O)Nc1cccc(Cl)c1Cl. The summed E-state index contributed by atoms with van der Waals surface area (Å²) in [5.41, 5.74) is 4.73. The molecule has 7 nitrogen and oxygen atoms in total. The predicted molar refractivity (Wildman–Crippen MR) is 108 cm³/mol. The highest BCUT2D eigenvalue weighted by Crippen LogP contribution is 2.31. The zero-order valence-corrected chi connectivity index (χ0v) is 16.9. The first kappa shape index (κ1) is 21.7. The average molecular weight is 423 g/mol. The minimum absolute atomic E-state index is 0.0248. The Hall–Kier alpha value is -2.64. The van der Waals surface area contributed by atoms with E-state index in [0.717, 1.165) is 0 Å². The van der Waals surface area contributed by atoms with Crippen LogP contribution in [0.25, 0.3) is 0 Å². The number of halogens is 2. The van der Waals surface area contributed by atoms with E-state index in [1.807, 2.05) is 0 Å². The van der Waals surface area contributed by atoms with Crippen molar-refractivity contribution in [2.24, 2.45) is 5.41 Å². The maximum Gasteiger partial charge on any atom is 0.271 e. The fourth-order valence-corrected chi connectivity index (χ4v) is 2.81. The maximum atomic E-state index is 12.3. The molecule has 1 aromatic heterocycles. The number of aromatic nitrogens is 1. The molecule has 0 aliphatic carbocycles. The van der Waals surface area contributed by atoms with Crippen LogP contribution in [0.5, 0.6) is 0 Å². The molecule has 2 aromatic rings. The molecular formula is C19H20Cl2N4O3. The van der Waals surface area contributed by atoms with Crippen LogP contribution in [0.3, 0.4) is 0 Å². The lowest BCUT2D eigenvalue weighted by Crippen LogP contribution is -2.43. The molecule has 1 heterocycles. The molecule has 148 valence electrons. The van der Waals surface area contributed by atoms with Crippen molar-refractivity contribution in [3.05, 3.63) is 58.3 Å². The zero-order valence-electron chi connectivity index (χ0n) is 15.4. The van der Waals surface area contributed by atoms with E-state index in [2.05, 4.69) is 21.2 Å². The standard InChI is InChI=1S/C19H20Cl2N4O3/c1-19(2,9-15(26)23-14-7-3-6-13(20)17(14)21)10-16(27)24-25-18(28)12-5-4-8-22-11-12/h3-8,11H,9-10H2,1-2H3,(H,23,26)(H,24,27)(H,25,28). The van der Waals surface area contributed by atoms with E-state index in [9.17, 15) is 14.4 Å². The number of amides is 3. The molecule has 9 heteroatoms. The molecule has 0 saturated heterocycles. The first-order valence-electron chi connectivity index (χ1n) is 8.41. The van der Waals surface area contributed by atoms with Gasteiger partial charge in [-0.3, -0.25) is 30.2 Å². The highest BCUT2D eigenvalue weighted by Gasteiger charge is 2.26. The van der Waals surface area contributed by atoms with Crippen LogP contribution >= 0.6 is 23.2 Å². The quantitative estimate of drug-likeness (QED) is 0.619. The van der Waals surface area contributed by atoms with Crippen molar-refractivity contribution in [1.82, 2.24) is 15.8 Å². The van der Waals surface area contributed by atoms with Crippen molar-refractivity contribution in [1.29, 1.82) is 0 Å². The number of anilines is 1. The Balaban J connectivity index is 1.84. The van der Waals surface area contributed by atoms with Crippen molar-refractivity contribution >= 4 is 46.6 Å². The van der Waals surface area contributed by atoms with Gasteiger partial charge in [-0.05, 0) is 29.7 Å². The Morgan fingerprint density at radius 2 is 1.71 bits per heavy atom. The van der Waals surface area contributed by atoms with Gasteiger partial charge in [-0.15, -0.1) is 0 Å². The largest absolute Gasteiger partial charge is 0.325 e. The molecule has 0 spiro atoms. The predicted octanol–water partition coefficient (Wildman–Crippen LogP) is 3.59. The summed E-state index contributed by atoms with van der Waals surface area (Å²) >= 11 is 12.0. The van der Waals surface area contributed by atoms with Crippen LogP contribution in [0.1, 0.15) is 37.0 Å². The normalized spacial score (nSPS) is 10.9. The molecule has 0 unspecified atom stereocenters. The Bertz CT molecular complexity index is 873. The van der Waals surface area contributed by atoms with Crippen molar-refractivity contribution in [2.75, 3.05) is 5.32 Å². The van der Waals surface area contributed by atoms with Gasteiger partial charge in [0.15, 0.2) is 0 Å². The number of hydrogen-bond donors (Lipinski definition) is 3. The molecule has 2 rings (SSSR count). The van der Waals surface area contributed by atoms with E-state index in [1.54, 1.807) is 50.4 Å². The van der Waals surface area contributed by atoms with Crippen molar-refractivity contribution in [3.63, 3.8) is 0 Å². The topological polar surface area (TPSA) is 100 Å². The molecule has 0 fully saturated rings. The Morgan fingerprint density at radius 3 is 2.39 bits per heavy atom. The van der Waals surface area contributed by atoms with Crippen LogP contribution in [0.15, 0.2) is 42.7 Å². The van der Waals surface area contributed by atoms with Gasteiger partial charge in [0.25, 0.3) is 5.91 Å². The third-order valence-electron chi connectivity index (χ3n) is 3.74. The van der Waals surface area contributed by atoms with Crippen LogP contribution in [-0.2, 0) is 9.59 Å². The summed E-state index contributed by atoms with van der Waals surface area (Å²) in [5.74, 6) is -1.20. The molecule has 3 amide bonds. The van der Waals surface area contributed by atoms with Crippen LogP contribution in [-0.4, -0.2) is 22.7 Å². The second kappa shape index (κ2) is 9.52. The number of carbonyl (C=O) groups is 3. The summed E-state index contributed by atoms with van der Waals surface area (Å²) in [6.45, 7) is 3.54. The summed E-state index contributed by atoms with van der Waals surface area (Å²) in [7, 11) is 0. The van der Waals surface area contributed by atoms with Gasteiger partial charge in [0.05, 0.1) is 21.3 Å². The van der Waals surface area contributed by atoms with Crippen molar-refractivity contribution in [3.8, 4) is 0 Å². The van der Waals surface area contributed by atoms with E-state index in [4.69, 9.17) is 23.2 Å². The molecule has 28 heavy (non-hydrogen) atoms. The van der Waals surface area contributed by atoms with Gasteiger partial charge in [0.1, 0.15) is 0 Å². The Morgan fingerprint density at radius 1 is 1.00 bits per heavy atom. The number of hydrazine groups is 1. The summed E-state index contributed by atoms with van der Waals surface area (Å²) in [4.78, 5) is 40.2. The van der Waals surface area contributed by atoms with Gasteiger partial charge < -0.3 is 5.32 Å². The average Bonchev–Trinajstić information content (AvgIpc) is 2.63. The second-order valence-electron chi connectivity index (χ2n) is 6.91. The second-order valence-corrected chi connectivity index (χ2v) is 7.70. The number of pyridine rings is 1. The van der Waals surface area contributed by atoms with Gasteiger partial charge in [0.2, 0.25) is 11.8 Å². The highest BCUT2D eigenvalue weighted by molar-refractivity contribution is 6.43. The van der Waals surface area contributed by atoms with Gasteiger partial charge in [-0.2, -0.15) is 0 Å². The number of benzene rings is 1. The molecule has 1 aromatic carbocycles. The molecular weight excluding hydrogens is 403 g/mol. The number of nitrogens with one attached hydrogen (secondary N) is 3. The summed E-state index contributed by atoms with van der Waals surface area (Å²) < 4.78 is 0. The molecule has 0 radical (unpaired) electrons. The first-order valence-corrected chi connectivity index (χ1v) is 9.16. The van der Waals surface area contributed by atoms with E-state index >= 15 is 0 Å². The van der Waals surface area contributed by atoms with Crippen LogP contribution in [0, 0.1) is 5.41 Å². The van der Waals surface area contributed by atoms with Gasteiger partial charge in [0, 0.05) is 25.2 Å². The molecule has 0 atom stereocenters. The number of nitrogens with zero attached hydrogens (tertiary/aromatic N) is 1. The maximum absolute atomic E-state index is 12.3. The lowest BCUT2D eigenvalue weighted by atomic mass is 9.85. The van der Waals surface area contributed by atoms with Crippen LogP contribution < -0.4 is 16.2 Å². The lowest BCUT2D eigenvalue weighted by molar-refractivity contribution is -0.124. The summed E-state index contributed by atoms with van der Waals surface area (Å²) in [6.07, 6.45) is 3.02. The van der Waals surface area contributed by atoms with Crippen LogP contribution in [0.2, 0.25) is 10.0 Å². The fraction of sp³-hybridized carbons (Fsp3) is 0.263. The molecule has 0 bridgehead atoms. The number of rotatable bonds is 6. The third kappa shape index (κ3) is 6.51. The number of hydrogen-bond acceptors (Lipinski definition) is 4. The zero-order chi connectivity index (χ0) is 20.7. The van der Waals surface area contributed by atoms with Gasteiger partial charge in [-0.25, -0.2) is 0 Å². The summed E-state index contributed by atoms with van der Waals surface area (Å²) in [5, 5.41) is 3.28. The first-order chi connectivity index (χ1) is 13.2. The monoisotopic (exact) mass is 422 g/mol. The van der Waals surface area contributed by atoms with Crippen LogP contribution in [0.4, 0.5) is 5.69 Å². The van der Waals surface area contributed by atoms with Crippen molar-refractivity contribution in [2.45, 2.75) is 26.7 Å². The van der Waals surface area contributed by atoms with E-state index in [-0.39, 0.29) is 23.8 Å². The molecule has 3 N–H and O–H groups in total. The molecule has 0 saturated carbocycles. The minimum atomic E-state index is -0.655. The molecule has 0 aliphatic heterocycles. The third-order valence-corrected chi connectivity index (χ3v) is 4.56. The lowest BCUT2D eigenvalue weighted by Gasteiger charge is -2.23. The minimum Gasteiger partial charge on any atom is -0.325 e. The smallest absolute Gasteiger partial charge is 0.271 e. The Labute approximate surface area is 172 Å². The van der Waals surface area contributed by atoms with E-state index in [1.165, 1.54) is 6.20 Å². The van der Waals surface area contributed by atoms with Crippen molar-refractivity contribution < 1.29 is 14.4 Å². The number of carbonyl (C=O) groups excluding carboxylic acids is 3. The molecule has 0 aliphatic rings. The fourth-order valence-electron chi connectivity index (χ4n) is 2.47. The van der Waals surface area contributed by atoms with E-state index in [0.29, 0.717) is 16.3 Å². The van der Waals surface area contributed by atoms with Gasteiger partial charge >= 0.3 is 0 Å². The van der Waals surface area contributed by atoms with E-state index < -0.39 is 17.2 Å². The van der Waals surface area contributed by atoms with Gasteiger partial charge in [-0.1, -0.05) is 43.1 Å². The summed E-state index contributed by atoms with van der Waals surface area (Å²) in [6, 6.07) is 8.12. The Kier molecular flexibility index (Phi) is 7.37. The highest BCUT2D eigenvalue weighted by atomic mass is 35.5.